The summed E-state index contributed by atoms with van der Waals surface area (Å²) in [6.07, 6.45) is 5.37. The van der Waals surface area contributed by atoms with Crippen molar-refractivity contribution in [2.45, 2.75) is 0 Å². The first kappa shape index (κ1) is 7.54. The van der Waals surface area contributed by atoms with Crippen molar-refractivity contribution >= 4 is 15.9 Å². The highest BCUT2D eigenvalue weighted by molar-refractivity contribution is 9.10. The average molecular weight is 227 g/mol. The molecular weight excluding hydrogens is 220 g/mol. The Morgan fingerprint density at radius 1 is 1.42 bits per heavy atom. The molecular formula is C7H7BrN4. The third-order valence-corrected chi connectivity index (χ3v) is 1.99. The summed E-state index contributed by atoms with van der Waals surface area (Å²) in [7, 11) is 1.88. The minimum atomic E-state index is 0.945. The van der Waals surface area contributed by atoms with Crippen LogP contribution in [0.2, 0.25) is 0 Å². The number of aryl methyl sites for hydroxylation is 1. The number of halogens is 1. The lowest BCUT2D eigenvalue weighted by molar-refractivity contribution is 0.699. The molecule has 2 aromatic heterocycles. The van der Waals surface area contributed by atoms with Gasteiger partial charge in [0.1, 0.15) is 0 Å². The lowest BCUT2D eigenvalue weighted by Crippen LogP contribution is -2.02. The fourth-order valence-corrected chi connectivity index (χ4v) is 1.30. The Labute approximate surface area is 77.9 Å². The van der Waals surface area contributed by atoms with Crippen LogP contribution in [0.25, 0.3) is 5.82 Å². The van der Waals surface area contributed by atoms with E-state index in [1.165, 1.54) is 0 Å². The van der Waals surface area contributed by atoms with E-state index in [4.69, 9.17) is 0 Å². The normalized spacial score (nSPS) is 10.5. The summed E-state index contributed by atoms with van der Waals surface area (Å²) >= 11 is 3.33. The summed E-state index contributed by atoms with van der Waals surface area (Å²) in [5.41, 5.74) is 0. The van der Waals surface area contributed by atoms with E-state index >= 15 is 0 Å². The number of hydrogen-bond donors (Lipinski definition) is 0. The molecule has 0 radical (unpaired) electrons. The first-order chi connectivity index (χ1) is 5.77. The number of nitrogens with zero attached hydrogens (tertiary/aromatic N) is 4. The largest absolute Gasteiger partial charge is 0.251 e. The van der Waals surface area contributed by atoms with E-state index in [1.807, 2.05) is 19.3 Å². The maximum Gasteiger partial charge on any atom is 0.151 e. The van der Waals surface area contributed by atoms with E-state index in [2.05, 4.69) is 26.1 Å². The van der Waals surface area contributed by atoms with Gasteiger partial charge in [-0.25, -0.2) is 4.68 Å². The van der Waals surface area contributed by atoms with Crippen molar-refractivity contribution in [1.29, 1.82) is 0 Å². The number of aromatic nitrogens is 4. The van der Waals surface area contributed by atoms with Crippen LogP contribution in [-0.4, -0.2) is 19.6 Å². The monoisotopic (exact) mass is 226 g/mol. The van der Waals surface area contributed by atoms with E-state index in [1.54, 1.807) is 21.8 Å². The van der Waals surface area contributed by atoms with E-state index in [-0.39, 0.29) is 0 Å². The Morgan fingerprint density at radius 3 is 2.75 bits per heavy atom. The molecule has 0 aromatic carbocycles. The van der Waals surface area contributed by atoms with Crippen molar-refractivity contribution in [2.75, 3.05) is 0 Å². The fourth-order valence-electron chi connectivity index (χ4n) is 1.02. The van der Waals surface area contributed by atoms with Gasteiger partial charge in [0.2, 0.25) is 0 Å². The van der Waals surface area contributed by atoms with Crippen LogP contribution in [0.5, 0.6) is 0 Å². The van der Waals surface area contributed by atoms with Gasteiger partial charge < -0.3 is 0 Å². The second-order valence-corrected chi connectivity index (χ2v) is 3.33. The summed E-state index contributed by atoms with van der Waals surface area (Å²) in [6.45, 7) is 0. The van der Waals surface area contributed by atoms with Crippen molar-refractivity contribution in [3.05, 3.63) is 29.1 Å². The number of hydrogen-bond acceptors (Lipinski definition) is 2. The van der Waals surface area contributed by atoms with Crippen LogP contribution in [0.15, 0.2) is 29.1 Å². The van der Waals surface area contributed by atoms with Crippen LogP contribution in [0, 0.1) is 0 Å². The van der Waals surface area contributed by atoms with Crippen molar-refractivity contribution in [1.82, 2.24) is 19.6 Å². The van der Waals surface area contributed by atoms with Crippen LogP contribution in [0.1, 0.15) is 0 Å². The molecule has 0 fully saturated rings. The Morgan fingerprint density at radius 2 is 2.25 bits per heavy atom. The number of rotatable bonds is 1. The zero-order chi connectivity index (χ0) is 8.55. The molecule has 5 heteroatoms. The van der Waals surface area contributed by atoms with Gasteiger partial charge in [-0.05, 0) is 15.9 Å². The molecule has 0 aliphatic heterocycles. The zero-order valence-corrected chi connectivity index (χ0v) is 8.06. The topological polar surface area (TPSA) is 35.6 Å². The predicted molar refractivity (Wildman–Crippen MR) is 48.0 cm³/mol. The van der Waals surface area contributed by atoms with Gasteiger partial charge in [-0.3, -0.25) is 4.68 Å². The van der Waals surface area contributed by atoms with Gasteiger partial charge in [-0.2, -0.15) is 10.2 Å². The Balaban J connectivity index is 2.50. The fraction of sp³-hybridized carbons (Fsp3) is 0.143. The first-order valence-electron chi connectivity index (χ1n) is 3.46. The zero-order valence-electron chi connectivity index (χ0n) is 6.48. The van der Waals surface area contributed by atoms with Gasteiger partial charge in [0.15, 0.2) is 5.82 Å². The maximum atomic E-state index is 4.13. The molecule has 0 aliphatic carbocycles. The lowest BCUT2D eigenvalue weighted by Gasteiger charge is -1.99. The molecule has 0 N–H and O–H groups in total. The molecule has 0 saturated carbocycles. The minimum Gasteiger partial charge on any atom is -0.251 e. The van der Waals surface area contributed by atoms with E-state index in [0.717, 1.165) is 10.3 Å². The van der Waals surface area contributed by atoms with Crippen molar-refractivity contribution in [3.63, 3.8) is 0 Å². The van der Waals surface area contributed by atoms with Gasteiger partial charge in [-0.15, -0.1) is 0 Å². The summed E-state index contributed by atoms with van der Waals surface area (Å²) in [5.74, 6) is 0.945. The molecule has 2 rings (SSSR count). The molecule has 2 aromatic rings. The van der Waals surface area contributed by atoms with Crippen molar-refractivity contribution in [2.24, 2.45) is 7.05 Å². The molecule has 62 valence electrons. The highest BCUT2D eigenvalue weighted by Gasteiger charge is 2.01. The first-order valence-corrected chi connectivity index (χ1v) is 4.25. The lowest BCUT2D eigenvalue weighted by atomic mass is 10.6. The molecule has 4 nitrogen and oxygen atoms in total. The Kier molecular flexibility index (Phi) is 1.73. The van der Waals surface area contributed by atoms with Crippen molar-refractivity contribution in [3.8, 4) is 5.82 Å². The highest BCUT2D eigenvalue weighted by Crippen LogP contribution is 2.10. The quantitative estimate of drug-likeness (QED) is 0.737. The van der Waals surface area contributed by atoms with E-state index < -0.39 is 0 Å². The van der Waals surface area contributed by atoms with Crippen LogP contribution in [-0.2, 0) is 7.05 Å². The third-order valence-electron chi connectivity index (χ3n) is 1.58. The minimum absolute atomic E-state index is 0.945. The molecule has 0 spiro atoms. The average Bonchev–Trinajstić information content (AvgIpc) is 2.58. The van der Waals surface area contributed by atoms with E-state index in [0.29, 0.717) is 0 Å². The molecule has 0 amide bonds. The standard InChI is InChI=1S/C7H7BrN4/c1-11-7(2-3-9-11)12-5-6(8)4-10-12/h2-5H,1H3. The second-order valence-electron chi connectivity index (χ2n) is 2.42. The molecule has 0 unspecified atom stereocenters. The van der Waals surface area contributed by atoms with Gasteiger partial charge in [0.05, 0.1) is 16.9 Å². The summed E-state index contributed by atoms with van der Waals surface area (Å²) in [4.78, 5) is 0. The Hall–Kier alpha value is -1.10. The second kappa shape index (κ2) is 2.75. The summed E-state index contributed by atoms with van der Waals surface area (Å²) < 4.78 is 4.49. The van der Waals surface area contributed by atoms with Crippen LogP contribution in [0.4, 0.5) is 0 Å². The molecule has 12 heavy (non-hydrogen) atoms. The third kappa shape index (κ3) is 1.16. The van der Waals surface area contributed by atoms with E-state index in [9.17, 15) is 0 Å². The maximum absolute atomic E-state index is 4.13. The molecule has 0 atom stereocenters. The molecule has 0 aliphatic rings. The SMILES string of the molecule is Cn1nccc1-n1cc(Br)cn1. The molecule has 0 bridgehead atoms. The van der Waals surface area contributed by atoms with Crippen LogP contribution in [0.3, 0.4) is 0 Å². The summed E-state index contributed by atoms with van der Waals surface area (Å²) in [6, 6.07) is 1.90. The molecule has 0 saturated heterocycles. The van der Waals surface area contributed by atoms with Gasteiger partial charge in [0, 0.05) is 19.3 Å². The highest BCUT2D eigenvalue weighted by atomic mass is 79.9. The Bertz CT molecular complexity index is 390. The predicted octanol–water partition coefficient (Wildman–Crippen LogP) is 1.37. The smallest absolute Gasteiger partial charge is 0.151 e. The van der Waals surface area contributed by atoms with Gasteiger partial charge >= 0.3 is 0 Å². The van der Waals surface area contributed by atoms with Crippen LogP contribution >= 0.6 is 15.9 Å². The summed E-state index contributed by atoms with van der Waals surface area (Å²) in [5, 5.41) is 8.17. The van der Waals surface area contributed by atoms with Crippen LogP contribution < -0.4 is 0 Å². The van der Waals surface area contributed by atoms with Crippen molar-refractivity contribution < 1.29 is 0 Å². The van der Waals surface area contributed by atoms with Gasteiger partial charge in [-0.1, -0.05) is 0 Å². The van der Waals surface area contributed by atoms with Gasteiger partial charge in [0.25, 0.3) is 0 Å². The molecule has 2 heterocycles.